The molecule has 1 aliphatic heterocycles. The monoisotopic (exact) mass is 463 g/mol. The van der Waals surface area contributed by atoms with Gasteiger partial charge in [0.1, 0.15) is 0 Å². The number of nitrogens with zero attached hydrogens (tertiary/aromatic N) is 4. The van der Waals surface area contributed by atoms with Gasteiger partial charge in [0.2, 0.25) is 0 Å². The lowest BCUT2D eigenvalue weighted by molar-refractivity contribution is 0.312. The zero-order valence-corrected chi connectivity index (χ0v) is 20.4. The molecule has 0 radical (unpaired) electrons. The second-order valence-corrected chi connectivity index (χ2v) is 9.51. The van der Waals surface area contributed by atoms with Crippen molar-refractivity contribution in [3.63, 3.8) is 0 Å². The Morgan fingerprint density at radius 3 is 2.62 bits per heavy atom. The molecule has 2 aromatic heterocycles. The van der Waals surface area contributed by atoms with Gasteiger partial charge in [-0.05, 0) is 68.9 Å². The van der Waals surface area contributed by atoms with Crippen molar-refractivity contribution in [2.24, 2.45) is 7.05 Å². The molecule has 1 N–H and O–H groups in total. The van der Waals surface area contributed by atoms with E-state index < -0.39 is 0 Å². The SMILES string of the molecule is CC/C(F)=C\C=C(/CC)c1ncn(C2CCNC2)c1-c1ccc2c(c1)n(C)c(=O)n2C1CCC1. The Morgan fingerprint density at radius 2 is 1.97 bits per heavy atom. The number of rotatable bonds is 7. The van der Waals surface area contributed by atoms with E-state index in [2.05, 4.69) is 35.0 Å². The molecular weight excluding hydrogens is 429 g/mol. The van der Waals surface area contributed by atoms with Crippen LogP contribution in [0.3, 0.4) is 0 Å². The second kappa shape index (κ2) is 9.37. The molecule has 1 saturated carbocycles. The standard InChI is InChI=1S/C27H34FN5O/c1-4-18(9-11-20(28)5-2)25-26(32(17-30-25)22-13-14-29-16-22)19-10-12-23-24(15-19)31(3)27(34)33(23)21-7-6-8-21/h9-12,15,17,21-22,29H,4-8,13-14,16H2,1-3H3/b18-9+,20-11+. The van der Waals surface area contributed by atoms with Crippen molar-refractivity contribution in [2.45, 2.75) is 64.5 Å². The van der Waals surface area contributed by atoms with Gasteiger partial charge in [0.05, 0.1) is 34.6 Å². The smallest absolute Gasteiger partial charge is 0.326 e. The average Bonchev–Trinajstić information content (AvgIpc) is 3.54. The summed E-state index contributed by atoms with van der Waals surface area (Å²) >= 11 is 0. The fourth-order valence-electron chi connectivity index (χ4n) is 5.22. The van der Waals surface area contributed by atoms with Crippen LogP contribution in [0.2, 0.25) is 0 Å². The highest BCUT2D eigenvalue weighted by Gasteiger charge is 2.27. The maximum absolute atomic E-state index is 13.9. The summed E-state index contributed by atoms with van der Waals surface area (Å²) in [7, 11) is 1.86. The lowest BCUT2D eigenvalue weighted by Gasteiger charge is -2.26. The van der Waals surface area contributed by atoms with Gasteiger partial charge in [-0.25, -0.2) is 14.2 Å². The normalized spacial score (nSPS) is 19.8. The summed E-state index contributed by atoms with van der Waals surface area (Å²) in [5, 5.41) is 3.45. The van der Waals surface area contributed by atoms with Crippen molar-refractivity contribution >= 4 is 16.6 Å². The number of nitrogens with one attached hydrogen (secondary N) is 1. The molecule has 1 aliphatic carbocycles. The third-order valence-corrected chi connectivity index (χ3v) is 7.51. The van der Waals surface area contributed by atoms with Crippen molar-refractivity contribution in [2.75, 3.05) is 13.1 Å². The van der Waals surface area contributed by atoms with Crippen LogP contribution in [0.25, 0.3) is 27.9 Å². The van der Waals surface area contributed by atoms with Crippen LogP contribution in [0, 0.1) is 0 Å². The van der Waals surface area contributed by atoms with Crippen molar-refractivity contribution in [3.05, 3.63) is 58.7 Å². The second-order valence-electron chi connectivity index (χ2n) is 9.51. The third kappa shape index (κ3) is 3.86. The first-order valence-electron chi connectivity index (χ1n) is 12.6. The van der Waals surface area contributed by atoms with Crippen molar-refractivity contribution in [1.82, 2.24) is 24.0 Å². The highest BCUT2D eigenvalue weighted by molar-refractivity contribution is 5.86. The predicted molar refractivity (Wildman–Crippen MR) is 136 cm³/mol. The van der Waals surface area contributed by atoms with Crippen LogP contribution in [0.5, 0.6) is 0 Å². The fourth-order valence-corrected chi connectivity index (χ4v) is 5.22. The summed E-state index contributed by atoms with van der Waals surface area (Å²) in [4.78, 5) is 17.9. The number of hydrogen-bond acceptors (Lipinski definition) is 3. The number of imidazole rings is 2. The number of fused-ring (bicyclic) bond motifs is 1. The van der Waals surface area contributed by atoms with E-state index in [1.165, 1.54) is 6.42 Å². The van der Waals surface area contributed by atoms with Gasteiger partial charge in [0.25, 0.3) is 0 Å². The Kier molecular flexibility index (Phi) is 6.30. The van der Waals surface area contributed by atoms with Gasteiger partial charge in [0.15, 0.2) is 0 Å². The van der Waals surface area contributed by atoms with Crippen LogP contribution in [-0.4, -0.2) is 31.8 Å². The maximum atomic E-state index is 13.9. The van der Waals surface area contributed by atoms with Crippen LogP contribution in [0.1, 0.15) is 70.2 Å². The zero-order valence-electron chi connectivity index (χ0n) is 20.4. The quantitative estimate of drug-likeness (QED) is 0.470. The molecular formula is C27H34FN5O. The lowest BCUT2D eigenvalue weighted by Crippen LogP contribution is -2.29. The molecule has 3 heterocycles. The van der Waals surface area contributed by atoms with Crippen molar-refractivity contribution < 1.29 is 4.39 Å². The Hall–Kier alpha value is -2.93. The Labute approximate surface area is 199 Å². The minimum atomic E-state index is -0.138. The molecule has 2 fully saturated rings. The van der Waals surface area contributed by atoms with Gasteiger partial charge in [-0.2, -0.15) is 0 Å². The molecule has 1 unspecified atom stereocenters. The topological polar surface area (TPSA) is 56.8 Å². The molecule has 6 nitrogen and oxygen atoms in total. The van der Waals surface area contributed by atoms with Crippen molar-refractivity contribution in [3.8, 4) is 11.3 Å². The number of benzene rings is 1. The van der Waals surface area contributed by atoms with E-state index >= 15 is 0 Å². The molecule has 0 bridgehead atoms. The molecule has 2 aliphatic rings. The summed E-state index contributed by atoms with van der Waals surface area (Å²) in [6.07, 6.45) is 10.8. The number of aromatic nitrogens is 4. The number of hydrogen-bond donors (Lipinski definition) is 1. The van der Waals surface area contributed by atoms with E-state index in [4.69, 9.17) is 4.98 Å². The minimum absolute atomic E-state index is 0.0555. The van der Waals surface area contributed by atoms with Crippen LogP contribution in [0.4, 0.5) is 4.39 Å². The van der Waals surface area contributed by atoms with Gasteiger partial charge in [0, 0.05) is 31.2 Å². The third-order valence-electron chi connectivity index (χ3n) is 7.51. The summed E-state index contributed by atoms with van der Waals surface area (Å²) in [6.45, 7) is 5.77. The number of halogens is 1. The van der Waals surface area contributed by atoms with E-state index in [1.54, 1.807) is 10.6 Å². The van der Waals surface area contributed by atoms with Gasteiger partial charge < -0.3 is 9.88 Å². The minimum Gasteiger partial charge on any atom is -0.326 e. The Balaban J connectivity index is 1.68. The summed E-state index contributed by atoms with van der Waals surface area (Å²) in [6, 6.07) is 6.95. The molecule has 5 rings (SSSR count). The number of aryl methyl sites for hydroxylation is 1. The van der Waals surface area contributed by atoms with Crippen LogP contribution >= 0.6 is 0 Å². The molecule has 7 heteroatoms. The highest BCUT2D eigenvalue weighted by atomic mass is 19.1. The largest absolute Gasteiger partial charge is 0.329 e. The average molecular weight is 464 g/mol. The molecule has 3 aromatic rings. The first-order chi connectivity index (χ1) is 16.5. The molecule has 0 spiro atoms. The summed E-state index contributed by atoms with van der Waals surface area (Å²) in [5.74, 6) is -0.138. The van der Waals surface area contributed by atoms with Crippen LogP contribution in [-0.2, 0) is 7.05 Å². The Morgan fingerprint density at radius 1 is 1.15 bits per heavy atom. The fraction of sp³-hybridized carbons (Fsp3) is 0.481. The van der Waals surface area contributed by atoms with Gasteiger partial charge in [-0.1, -0.05) is 26.0 Å². The first kappa shape index (κ1) is 22.8. The van der Waals surface area contributed by atoms with Gasteiger partial charge in [-0.15, -0.1) is 0 Å². The molecule has 34 heavy (non-hydrogen) atoms. The molecule has 1 atom stereocenters. The van der Waals surface area contributed by atoms with E-state index in [0.717, 1.165) is 72.3 Å². The van der Waals surface area contributed by atoms with E-state index in [1.807, 2.05) is 30.9 Å². The molecule has 1 aromatic carbocycles. The van der Waals surface area contributed by atoms with E-state index in [-0.39, 0.29) is 11.5 Å². The summed E-state index contributed by atoms with van der Waals surface area (Å²) in [5.41, 5.74) is 5.96. The molecule has 0 amide bonds. The van der Waals surface area contributed by atoms with Crippen LogP contribution < -0.4 is 11.0 Å². The van der Waals surface area contributed by atoms with Crippen molar-refractivity contribution in [1.29, 1.82) is 0 Å². The van der Waals surface area contributed by atoms with E-state index in [0.29, 0.717) is 18.5 Å². The highest BCUT2D eigenvalue weighted by Crippen LogP contribution is 2.37. The van der Waals surface area contributed by atoms with Crippen LogP contribution in [0.15, 0.2) is 47.3 Å². The predicted octanol–water partition coefficient (Wildman–Crippen LogP) is 5.52. The Bertz CT molecular complexity index is 1310. The maximum Gasteiger partial charge on any atom is 0.329 e. The molecule has 180 valence electrons. The first-order valence-corrected chi connectivity index (χ1v) is 12.6. The van der Waals surface area contributed by atoms with Gasteiger partial charge >= 0.3 is 5.69 Å². The van der Waals surface area contributed by atoms with Gasteiger partial charge in [-0.3, -0.25) is 9.13 Å². The lowest BCUT2D eigenvalue weighted by atomic mass is 9.93. The molecule has 1 saturated heterocycles. The zero-order chi connectivity index (χ0) is 23.8. The summed E-state index contributed by atoms with van der Waals surface area (Å²) < 4.78 is 19.9. The number of allylic oxidation sites excluding steroid dienone is 4. The van der Waals surface area contributed by atoms with E-state index in [9.17, 15) is 9.18 Å².